The van der Waals surface area contributed by atoms with Crippen LogP contribution in [-0.2, 0) is 4.74 Å². The number of rotatable bonds is 5. The van der Waals surface area contributed by atoms with Gasteiger partial charge in [0.1, 0.15) is 11.9 Å². The Hall–Kier alpha value is -0.320. The normalized spacial score (nSPS) is 20.8. The fourth-order valence-electron chi connectivity index (χ4n) is 2.81. The van der Waals surface area contributed by atoms with E-state index in [1.165, 1.54) is 19.3 Å². The smallest absolute Gasteiger partial charge is 0.149 e. The van der Waals surface area contributed by atoms with Gasteiger partial charge in [-0.2, -0.15) is 0 Å². The van der Waals surface area contributed by atoms with Crippen LogP contribution in [0.3, 0.4) is 0 Å². The third-order valence-corrected chi connectivity index (χ3v) is 4.35. The van der Waals surface area contributed by atoms with Gasteiger partial charge < -0.3 is 14.3 Å². The minimum atomic E-state index is -0.683. The van der Waals surface area contributed by atoms with Crippen LogP contribution >= 0.6 is 15.9 Å². The molecule has 0 amide bonds. The molecule has 1 aromatic heterocycles. The minimum Gasteiger partial charge on any atom is -0.465 e. The third kappa shape index (κ3) is 3.16. The topological polar surface area (TPSA) is 42.6 Å². The van der Waals surface area contributed by atoms with E-state index < -0.39 is 6.10 Å². The van der Waals surface area contributed by atoms with Gasteiger partial charge in [-0.3, -0.25) is 0 Å². The summed E-state index contributed by atoms with van der Waals surface area (Å²) in [6.45, 7) is 2.59. The van der Waals surface area contributed by atoms with Crippen LogP contribution in [-0.4, -0.2) is 17.8 Å². The Kier molecular flexibility index (Phi) is 5.27. The molecule has 4 heteroatoms. The van der Waals surface area contributed by atoms with Gasteiger partial charge in [0.15, 0.2) is 0 Å². The lowest BCUT2D eigenvalue weighted by Crippen LogP contribution is -2.32. The second kappa shape index (κ2) is 6.73. The molecule has 1 N–H and O–H groups in total. The summed E-state index contributed by atoms with van der Waals surface area (Å²) in [6, 6.07) is 1.81. The molecular weight excluding hydrogens is 296 g/mol. The Morgan fingerprint density at radius 2 is 2.17 bits per heavy atom. The van der Waals surface area contributed by atoms with Crippen LogP contribution in [0.5, 0.6) is 0 Å². The largest absolute Gasteiger partial charge is 0.465 e. The van der Waals surface area contributed by atoms with Crippen molar-refractivity contribution in [1.82, 2.24) is 0 Å². The van der Waals surface area contributed by atoms with Gasteiger partial charge in [0, 0.05) is 6.61 Å². The zero-order valence-electron chi connectivity index (χ0n) is 10.8. The molecule has 1 aromatic rings. The van der Waals surface area contributed by atoms with Crippen LogP contribution < -0.4 is 0 Å². The van der Waals surface area contributed by atoms with Crippen molar-refractivity contribution in [3.05, 3.63) is 22.6 Å². The molecular formula is C14H21BrO3. The first kappa shape index (κ1) is 14.1. The van der Waals surface area contributed by atoms with Crippen molar-refractivity contribution < 1.29 is 14.3 Å². The zero-order valence-corrected chi connectivity index (χ0v) is 12.4. The second-order valence-corrected chi connectivity index (χ2v) is 5.75. The van der Waals surface area contributed by atoms with Crippen LogP contribution in [0.15, 0.2) is 21.2 Å². The van der Waals surface area contributed by atoms with E-state index in [0.29, 0.717) is 18.3 Å². The number of furan rings is 1. The maximum atomic E-state index is 10.5. The third-order valence-electron chi connectivity index (χ3n) is 3.70. The molecule has 0 radical (unpaired) electrons. The number of aliphatic hydroxyl groups excluding tert-OH is 1. The van der Waals surface area contributed by atoms with Crippen LogP contribution in [0, 0.1) is 5.92 Å². The number of hydrogen-bond donors (Lipinski definition) is 1. The van der Waals surface area contributed by atoms with Crippen molar-refractivity contribution in [3.8, 4) is 0 Å². The fraction of sp³-hybridized carbons (Fsp3) is 0.714. The van der Waals surface area contributed by atoms with E-state index in [1.807, 2.05) is 13.0 Å². The molecule has 0 saturated heterocycles. The quantitative estimate of drug-likeness (QED) is 0.890. The first-order valence-corrected chi connectivity index (χ1v) is 7.56. The lowest BCUT2D eigenvalue weighted by atomic mass is 9.83. The highest BCUT2D eigenvalue weighted by atomic mass is 79.9. The highest BCUT2D eigenvalue weighted by Crippen LogP contribution is 2.36. The molecule has 2 rings (SSSR count). The molecule has 3 nitrogen and oxygen atoms in total. The second-order valence-electron chi connectivity index (χ2n) is 4.90. The van der Waals surface area contributed by atoms with E-state index >= 15 is 0 Å². The average molecular weight is 317 g/mol. The highest BCUT2D eigenvalue weighted by Gasteiger charge is 2.33. The van der Waals surface area contributed by atoms with E-state index in [0.717, 1.165) is 17.3 Å². The maximum Gasteiger partial charge on any atom is 0.149 e. The van der Waals surface area contributed by atoms with Crippen molar-refractivity contribution >= 4 is 15.9 Å². The van der Waals surface area contributed by atoms with Gasteiger partial charge in [0.25, 0.3) is 0 Å². The minimum absolute atomic E-state index is 0.155. The van der Waals surface area contributed by atoms with Crippen LogP contribution in [0.2, 0.25) is 0 Å². The van der Waals surface area contributed by atoms with Gasteiger partial charge in [-0.1, -0.05) is 19.3 Å². The number of ether oxygens (including phenoxy) is 1. The van der Waals surface area contributed by atoms with Crippen molar-refractivity contribution in [3.63, 3.8) is 0 Å². The standard InChI is InChI=1S/C14H21BrO3/c1-2-17-13(10-6-4-3-5-7-10)12(16)14-11(15)8-9-18-14/h8-10,12-13,16H,2-7H2,1H3. The lowest BCUT2D eigenvalue weighted by Gasteiger charge is -2.32. The average Bonchev–Trinajstić information content (AvgIpc) is 2.82. The molecule has 0 bridgehead atoms. The van der Waals surface area contributed by atoms with Gasteiger partial charge in [-0.05, 0) is 47.7 Å². The lowest BCUT2D eigenvalue weighted by molar-refractivity contribution is -0.0811. The summed E-state index contributed by atoms with van der Waals surface area (Å²) in [5.41, 5.74) is 0. The predicted octanol–water partition coefficient (Wildman–Crippen LogP) is 4.06. The summed E-state index contributed by atoms with van der Waals surface area (Å²) in [4.78, 5) is 0. The molecule has 18 heavy (non-hydrogen) atoms. The molecule has 1 fully saturated rings. The Morgan fingerprint density at radius 1 is 1.44 bits per heavy atom. The molecule has 0 aromatic carbocycles. The maximum absolute atomic E-state index is 10.5. The summed E-state index contributed by atoms with van der Waals surface area (Å²) < 4.78 is 12.0. The van der Waals surface area contributed by atoms with Crippen LogP contribution in [0.25, 0.3) is 0 Å². The predicted molar refractivity (Wildman–Crippen MR) is 73.4 cm³/mol. The van der Waals surface area contributed by atoms with Crippen LogP contribution in [0.4, 0.5) is 0 Å². The monoisotopic (exact) mass is 316 g/mol. The van der Waals surface area contributed by atoms with Crippen molar-refractivity contribution in [2.75, 3.05) is 6.61 Å². The summed E-state index contributed by atoms with van der Waals surface area (Å²) in [7, 11) is 0. The Labute approximate surface area is 117 Å². The van der Waals surface area contributed by atoms with E-state index in [-0.39, 0.29) is 6.10 Å². The van der Waals surface area contributed by atoms with Crippen molar-refractivity contribution in [1.29, 1.82) is 0 Å². The molecule has 2 atom stereocenters. The Bertz CT molecular complexity index is 358. The first-order valence-electron chi connectivity index (χ1n) is 6.76. The number of aliphatic hydroxyl groups is 1. The van der Waals surface area contributed by atoms with Gasteiger partial charge >= 0.3 is 0 Å². The summed E-state index contributed by atoms with van der Waals surface area (Å²) >= 11 is 3.40. The molecule has 102 valence electrons. The van der Waals surface area contributed by atoms with E-state index in [1.54, 1.807) is 6.26 Å². The van der Waals surface area contributed by atoms with Gasteiger partial charge in [0.05, 0.1) is 16.8 Å². The summed E-state index contributed by atoms with van der Waals surface area (Å²) in [5, 5.41) is 10.5. The molecule has 2 unspecified atom stereocenters. The SMILES string of the molecule is CCOC(C1CCCCC1)C(O)c1occc1Br. The Balaban J connectivity index is 2.10. The van der Waals surface area contributed by atoms with E-state index in [2.05, 4.69) is 15.9 Å². The fourth-order valence-corrected chi connectivity index (χ4v) is 3.24. The molecule has 1 aliphatic carbocycles. The van der Waals surface area contributed by atoms with E-state index in [4.69, 9.17) is 9.15 Å². The van der Waals surface area contributed by atoms with Crippen molar-refractivity contribution in [2.24, 2.45) is 5.92 Å². The first-order chi connectivity index (χ1) is 8.74. The van der Waals surface area contributed by atoms with Gasteiger partial charge in [-0.25, -0.2) is 0 Å². The van der Waals surface area contributed by atoms with Crippen molar-refractivity contribution in [2.45, 2.75) is 51.2 Å². The molecule has 1 aliphatic rings. The zero-order chi connectivity index (χ0) is 13.0. The summed E-state index contributed by atoms with van der Waals surface area (Å²) in [6.07, 6.45) is 6.80. The molecule has 1 saturated carbocycles. The molecule has 0 aliphatic heterocycles. The summed E-state index contributed by atoms with van der Waals surface area (Å²) in [5.74, 6) is 1.02. The molecule has 0 spiro atoms. The molecule has 1 heterocycles. The van der Waals surface area contributed by atoms with Crippen LogP contribution in [0.1, 0.15) is 50.9 Å². The number of halogens is 1. The Morgan fingerprint density at radius 3 is 2.72 bits per heavy atom. The van der Waals surface area contributed by atoms with E-state index in [9.17, 15) is 5.11 Å². The van der Waals surface area contributed by atoms with Gasteiger partial charge in [-0.15, -0.1) is 0 Å². The number of hydrogen-bond acceptors (Lipinski definition) is 3. The van der Waals surface area contributed by atoms with Gasteiger partial charge in [0.2, 0.25) is 0 Å². The highest BCUT2D eigenvalue weighted by molar-refractivity contribution is 9.10.